The predicted molar refractivity (Wildman–Crippen MR) is 96.7 cm³/mol. The largest absolute Gasteiger partial charge is 0.497 e. The van der Waals surface area contributed by atoms with Crippen molar-refractivity contribution in [3.8, 4) is 5.75 Å². The van der Waals surface area contributed by atoms with Crippen molar-refractivity contribution in [2.75, 3.05) is 12.4 Å². The highest BCUT2D eigenvalue weighted by atomic mass is 16.5. The van der Waals surface area contributed by atoms with E-state index in [9.17, 15) is 9.59 Å². The number of nitrogens with one attached hydrogen (secondary N) is 1. The molecular formula is C20H23NO4. The van der Waals surface area contributed by atoms with Crippen molar-refractivity contribution >= 4 is 17.6 Å². The van der Waals surface area contributed by atoms with Crippen LogP contribution >= 0.6 is 0 Å². The molecule has 5 nitrogen and oxygen atoms in total. The molecule has 0 bridgehead atoms. The smallest absolute Gasteiger partial charge is 0.311 e. The van der Waals surface area contributed by atoms with Crippen molar-refractivity contribution in [2.45, 2.75) is 32.8 Å². The molecule has 5 heteroatoms. The first-order chi connectivity index (χ1) is 12.0. The van der Waals surface area contributed by atoms with Gasteiger partial charge in [-0.1, -0.05) is 31.2 Å². The van der Waals surface area contributed by atoms with E-state index in [1.165, 1.54) is 5.56 Å². The molecule has 2 aromatic carbocycles. The summed E-state index contributed by atoms with van der Waals surface area (Å²) in [6.07, 6.45) is 0.149. The zero-order valence-electron chi connectivity index (χ0n) is 14.7. The maximum absolute atomic E-state index is 12.1. The second-order valence-electron chi connectivity index (χ2n) is 5.70. The van der Waals surface area contributed by atoms with Crippen LogP contribution in [-0.4, -0.2) is 25.1 Å². The minimum absolute atomic E-state index is 0.0834. The molecule has 0 fully saturated rings. The van der Waals surface area contributed by atoms with Gasteiger partial charge in [0.15, 0.2) is 6.10 Å². The number of esters is 1. The molecular weight excluding hydrogens is 318 g/mol. The zero-order valence-corrected chi connectivity index (χ0v) is 14.7. The lowest BCUT2D eigenvalue weighted by molar-refractivity contribution is -0.152. The molecule has 2 aromatic rings. The number of carbonyl (C=O) groups is 2. The maximum Gasteiger partial charge on any atom is 0.311 e. The van der Waals surface area contributed by atoms with Gasteiger partial charge in [0.05, 0.1) is 13.5 Å². The molecule has 0 saturated carbocycles. The van der Waals surface area contributed by atoms with Crippen LogP contribution in [0.1, 0.15) is 25.0 Å². The Kier molecular flexibility index (Phi) is 6.57. The van der Waals surface area contributed by atoms with Crippen molar-refractivity contribution in [3.63, 3.8) is 0 Å². The van der Waals surface area contributed by atoms with E-state index in [0.717, 1.165) is 12.0 Å². The van der Waals surface area contributed by atoms with Gasteiger partial charge in [-0.2, -0.15) is 0 Å². The minimum Gasteiger partial charge on any atom is -0.497 e. The van der Waals surface area contributed by atoms with Crippen LogP contribution in [0.25, 0.3) is 0 Å². The van der Waals surface area contributed by atoms with Crippen LogP contribution in [0, 0.1) is 0 Å². The zero-order chi connectivity index (χ0) is 18.2. The molecule has 25 heavy (non-hydrogen) atoms. The van der Waals surface area contributed by atoms with Crippen LogP contribution in [0.4, 0.5) is 5.69 Å². The number of carbonyl (C=O) groups excluding carboxylic acids is 2. The summed E-state index contributed by atoms with van der Waals surface area (Å²) in [5.41, 5.74) is 2.64. The van der Waals surface area contributed by atoms with Crippen LogP contribution < -0.4 is 10.1 Å². The quantitative estimate of drug-likeness (QED) is 0.784. The van der Waals surface area contributed by atoms with Gasteiger partial charge in [0.1, 0.15) is 5.75 Å². The molecule has 0 spiro atoms. The molecule has 0 heterocycles. The van der Waals surface area contributed by atoms with E-state index < -0.39 is 12.1 Å². The Morgan fingerprint density at radius 2 is 1.80 bits per heavy atom. The fourth-order valence-electron chi connectivity index (χ4n) is 2.31. The maximum atomic E-state index is 12.1. The molecule has 0 aliphatic rings. The van der Waals surface area contributed by atoms with Crippen molar-refractivity contribution in [1.29, 1.82) is 0 Å². The normalized spacial score (nSPS) is 11.5. The molecule has 1 N–H and O–H groups in total. The van der Waals surface area contributed by atoms with Gasteiger partial charge in [-0.25, -0.2) is 0 Å². The van der Waals surface area contributed by atoms with Crippen LogP contribution in [0.15, 0.2) is 48.5 Å². The van der Waals surface area contributed by atoms with Gasteiger partial charge in [-0.05, 0) is 48.7 Å². The summed E-state index contributed by atoms with van der Waals surface area (Å²) in [4.78, 5) is 24.2. The van der Waals surface area contributed by atoms with Gasteiger partial charge in [-0.15, -0.1) is 0 Å². The Bertz CT molecular complexity index is 725. The lowest BCUT2D eigenvalue weighted by Gasteiger charge is -2.14. The molecule has 2 rings (SSSR count). The Morgan fingerprint density at radius 1 is 1.08 bits per heavy atom. The highest BCUT2D eigenvalue weighted by Gasteiger charge is 2.18. The molecule has 0 aromatic heterocycles. The fraction of sp³-hybridized carbons (Fsp3) is 0.300. The van der Waals surface area contributed by atoms with Gasteiger partial charge >= 0.3 is 5.97 Å². The number of hydrogen-bond donors (Lipinski definition) is 1. The molecule has 0 unspecified atom stereocenters. The van der Waals surface area contributed by atoms with Crippen molar-refractivity contribution in [1.82, 2.24) is 0 Å². The molecule has 1 amide bonds. The summed E-state index contributed by atoms with van der Waals surface area (Å²) in [5.74, 6) is -0.146. The third kappa shape index (κ3) is 5.64. The highest BCUT2D eigenvalue weighted by molar-refractivity contribution is 5.95. The van der Waals surface area contributed by atoms with Gasteiger partial charge in [0, 0.05) is 5.69 Å². The van der Waals surface area contributed by atoms with Crippen LogP contribution in [0.2, 0.25) is 0 Å². The van der Waals surface area contributed by atoms with E-state index in [2.05, 4.69) is 12.2 Å². The third-order valence-electron chi connectivity index (χ3n) is 3.79. The summed E-state index contributed by atoms with van der Waals surface area (Å²) in [6.45, 7) is 3.62. The number of ether oxygens (including phenoxy) is 2. The summed E-state index contributed by atoms with van der Waals surface area (Å²) < 4.78 is 10.3. The number of amides is 1. The summed E-state index contributed by atoms with van der Waals surface area (Å²) >= 11 is 0. The van der Waals surface area contributed by atoms with Crippen LogP contribution in [-0.2, 0) is 27.2 Å². The van der Waals surface area contributed by atoms with Crippen molar-refractivity contribution in [2.24, 2.45) is 0 Å². The minimum atomic E-state index is -0.871. The van der Waals surface area contributed by atoms with Crippen LogP contribution in [0.3, 0.4) is 0 Å². The molecule has 1 atom stereocenters. The van der Waals surface area contributed by atoms with E-state index in [1.807, 2.05) is 30.3 Å². The molecule has 0 radical (unpaired) electrons. The fourth-order valence-corrected chi connectivity index (χ4v) is 2.31. The summed E-state index contributed by atoms with van der Waals surface area (Å²) in [7, 11) is 1.57. The molecule has 132 valence electrons. The lowest BCUT2D eigenvalue weighted by atomic mass is 10.1. The Hall–Kier alpha value is -2.82. The SMILES string of the molecule is CCc1ccc(NC(=O)[C@@H](C)OC(=O)Cc2cccc(OC)c2)cc1. The van der Waals surface area contributed by atoms with Gasteiger partial charge in [-0.3, -0.25) is 9.59 Å². The van der Waals surface area contributed by atoms with Crippen LogP contribution in [0.5, 0.6) is 5.75 Å². The number of aryl methyl sites for hydroxylation is 1. The average Bonchev–Trinajstić information content (AvgIpc) is 2.62. The molecule has 0 saturated heterocycles. The topological polar surface area (TPSA) is 64.6 Å². The average molecular weight is 341 g/mol. The van der Waals surface area contributed by atoms with Gasteiger partial charge < -0.3 is 14.8 Å². The summed E-state index contributed by atoms with van der Waals surface area (Å²) in [5, 5.41) is 2.74. The number of hydrogen-bond acceptors (Lipinski definition) is 4. The lowest BCUT2D eigenvalue weighted by Crippen LogP contribution is -2.30. The van der Waals surface area contributed by atoms with Gasteiger partial charge in [0.2, 0.25) is 0 Å². The second-order valence-corrected chi connectivity index (χ2v) is 5.70. The Morgan fingerprint density at radius 3 is 2.44 bits per heavy atom. The predicted octanol–water partition coefficient (Wildman–Crippen LogP) is 3.37. The Balaban J connectivity index is 1.87. The molecule has 0 aliphatic heterocycles. The van der Waals surface area contributed by atoms with Crippen molar-refractivity contribution in [3.05, 3.63) is 59.7 Å². The van der Waals surface area contributed by atoms with E-state index >= 15 is 0 Å². The van der Waals surface area contributed by atoms with Crippen molar-refractivity contribution < 1.29 is 19.1 Å². The first-order valence-electron chi connectivity index (χ1n) is 8.24. The van der Waals surface area contributed by atoms with Gasteiger partial charge in [0.25, 0.3) is 5.91 Å². The monoisotopic (exact) mass is 341 g/mol. The summed E-state index contributed by atoms with van der Waals surface area (Å²) in [6, 6.07) is 14.8. The first-order valence-corrected chi connectivity index (χ1v) is 8.24. The van der Waals surface area contributed by atoms with E-state index in [0.29, 0.717) is 11.4 Å². The first kappa shape index (κ1) is 18.5. The number of anilines is 1. The second kappa shape index (κ2) is 8.87. The number of methoxy groups -OCH3 is 1. The van der Waals surface area contributed by atoms with E-state index in [-0.39, 0.29) is 12.3 Å². The highest BCUT2D eigenvalue weighted by Crippen LogP contribution is 2.14. The Labute approximate surface area is 148 Å². The molecule has 0 aliphatic carbocycles. The number of rotatable bonds is 7. The van der Waals surface area contributed by atoms with E-state index in [1.54, 1.807) is 32.2 Å². The standard InChI is InChI=1S/C20H23NO4/c1-4-15-8-10-17(11-9-15)21-20(23)14(2)25-19(22)13-16-6-5-7-18(12-16)24-3/h5-12,14H,4,13H2,1-3H3,(H,21,23)/t14-/m1/s1. The third-order valence-corrected chi connectivity index (χ3v) is 3.79. The van der Waals surface area contributed by atoms with E-state index in [4.69, 9.17) is 9.47 Å². The number of benzene rings is 2.